The van der Waals surface area contributed by atoms with Crippen LogP contribution in [0.2, 0.25) is 0 Å². The Labute approximate surface area is 173 Å². The zero-order chi connectivity index (χ0) is 20.2. The molecular weight excluding hydrogens is 390 g/mol. The molecule has 1 aliphatic heterocycles. The van der Waals surface area contributed by atoms with Gasteiger partial charge >= 0.3 is 0 Å². The Bertz CT molecular complexity index is 964. The van der Waals surface area contributed by atoms with E-state index in [-0.39, 0.29) is 5.91 Å². The number of aryl methyl sites for hydroxylation is 1. The maximum Gasteiger partial charge on any atom is 0.295 e. The number of nitrogens with zero attached hydrogens (tertiary/aromatic N) is 3. The van der Waals surface area contributed by atoms with Crippen LogP contribution in [0.5, 0.6) is 5.75 Å². The average Bonchev–Trinajstić information content (AvgIpc) is 3.43. The van der Waals surface area contributed by atoms with Crippen LogP contribution in [-0.4, -0.2) is 62.3 Å². The number of fused-ring (bicyclic) bond motifs is 1. The molecule has 0 radical (unpaired) electrons. The van der Waals surface area contributed by atoms with E-state index in [1.54, 1.807) is 24.1 Å². The first-order valence-electron chi connectivity index (χ1n) is 9.77. The summed E-state index contributed by atoms with van der Waals surface area (Å²) in [5.41, 5.74) is 1.90. The number of hydrogen-bond acceptors (Lipinski definition) is 7. The first-order valence-corrected chi connectivity index (χ1v) is 10.6. The molecule has 1 saturated heterocycles. The van der Waals surface area contributed by atoms with E-state index in [9.17, 15) is 4.79 Å². The highest BCUT2D eigenvalue weighted by atomic mass is 32.1. The molecule has 0 spiro atoms. The van der Waals surface area contributed by atoms with Crippen molar-refractivity contribution in [3.05, 3.63) is 41.9 Å². The van der Waals surface area contributed by atoms with Crippen molar-refractivity contribution < 1.29 is 18.7 Å². The van der Waals surface area contributed by atoms with Crippen LogP contribution in [0, 0.1) is 6.92 Å². The third kappa shape index (κ3) is 4.29. The van der Waals surface area contributed by atoms with Gasteiger partial charge in [-0.05, 0) is 37.1 Å². The van der Waals surface area contributed by atoms with Gasteiger partial charge in [-0.1, -0.05) is 17.4 Å². The Kier molecular flexibility index (Phi) is 6.13. The van der Waals surface area contributed by atoms with Crippen LogP contribution < -0.4 is 9.64 Å². The highest BCUT2D eigenvalue weighted by Gasteiger charge is 2.24. The van der Waals surface area contributed by atoms with Crippen molar-refractivity contribution >= 4 is 32.6 Å². The summed E-state index contributed by atoms with van der Waals surface area (Å²) in [7, 11) is 1.64. The van der Waals surface area contributed by atoms with Crippen LogP contribution in [0.25, 0.3) is 10.2 Å². The lowest BCUT2D eigenvalue weighted by molar-refractivity contribution is 0.0376. The van der Waals surface area contributed by atoms with Gasteiger partial charge in [0.2, 0.25) is 0 Å². The van der Waals surface area contributed by atoms with E-state index in [0.29, 0.717) is 23.2 Å². The molecule has 0 atom stereocenters. The number of anilines is 1. The maximum absolute atomic E-state index is 13.1. The summed E-state index contributed by atoms with van der Waals surface area (Å²) >= 11 is 1.51. The lowest BCUT2D eigenvalue weighted by Crippen LogP contribution is -2.39. The second-order valence-electron chi connectivity index (χ2n) is 7.00. The van der Waals surface area contributed by atoms with E-state index in [2.05, 4.69) is 4.90 Å². The SMILES string of the molecule is COc1ccc(C)c2sc(N(CCCN3CCOCC3)C(=O)c3ccco3)nc12. The van der Waals surface area contributed by atoms with E-state index < -0.39 is 0 Å². The van der Waals surface area contributed by atoms with E-state index in [0.717, 1.165) is 55.0 Å². The Morgan fingerprint density at radius 2 is 2.14 bits per heavy atom. The first kappa shape index (κ1) is 19.9. The molecule has 3 heterocycles. The summed E-state index contributed by atoms with van der Waals surface area (Å²) in [6.45, 7) is 6.93. The molecule has 0 saturated carbocycles. The summed E-state index contributed by atoms with van der Waals surface area (Å²) in [5, 5.41) is 0.663. The van der Waals surface area contributed by atoms with Gasteiger partial charge in [0.15, 0.2) is 10.9 Å². The molecule has 3 aromatic rings. The summed E-state index contributed by atoms with van der Waals surface area (Å²) in [6.07, 6.45) is 2.36. The lowest BCUT2D eigenvalue weighted by atomic mass is 10.2. The molecule has 0 unspecified atom stereocenters. The van der Waals surface area contributed by atoms with Crippen molar-refractivity contribution in [2.45, 2.75) is 13.3 Å². The standard InChI is InChI=1S/C21H25N3O4S/c1-15-6-7-16(26-2)18-19(15)29-21(22-18)24(20(25)17-5-3-12-28-17)9-4-8-23-10-13-27-14-11-23/h3,5-7,12H,4,8-11,13-14H2,1-2H3. The van der Waals surface area contributed by atoms with E-state index in [1.807, 2.05) is 19.1 Å². The zero-order valence-corrected chi connectivity index (χ0v) is 17.5. The van der Waals surface area contributed by atoms with Crippen molar-refractivity contribution in [3.8, 4) is 5.75 Å². The predicted octanol–water partition coefficient (Wildman–Crippen LogP) is 3.58. The van der Waals surface area contributed by atoms with E-state index >= 15 is 0 Å². The molecule has 4 rings (SSSR count). The number of amides is 1. The lowest BCUT2D eigenvalue weighted by Gasteiger charge is -2.27. The Morgan fingerprint density at radius 1 is 1.31 bits per heavy atom. The van der Waals surface area contributed by atoms with E-state index in [1.165, 1.54) is 17.6 Å². The van der Waals surface area contributed by atoms with Crippen molar-refractivity contribution in [3.63, 3.8) is 0 Å². The number of morpholine rings is 1. The number of thiazole rings is 1. The Hall–Kier alpha value is -2.42. The van der Waals surface area contributed by atoms with Gasteiger partial charge in [-0.15, -0.1) is 0 Å². The van der Waals surface area contributed by atoms with Crippen LogP contribution in [0.1, 0.15) is 22.5 Å². The number of carbonyl (C=O) groups excluding carboxylic acids is 1. The van der Waals surface area contributed by atoms with Gasteiger partial charge in [0.1, 0.15) is 11.3 Å². The number of rotatable bonds is 7. The molecule has 29 heavy (non-hydrogen) atoms. The fourth-order valence-electron chi connectivity index (χ4n) is 3.47. The third-order valence-corrected chi connectivity index (χ3v) is 6.29. The molecule has 1 aliphatic rings. The maximum atomic E-state index is 13.1. The molecule has 0 N–H and O–H groups in total. The van der Waals surface area contributed by atoms with Crippen LogP contribution in [0.15, 0.2) is 34.9 Å². The first-order chi connectivity index (χ1) is 14.2. The average molecular weight is 416 g/mol. The fraction of sp³-hybridized carbons (Fsp3) is 0.429. The zero-order valence-electron chi connectivity index (χ0n) is 16.7. The van der Waals surface area contributed by atoms with Gasteiger partial charge in [-0.2, -0.15) is 0 Å². The second kappa shape index (κ2) is 8.94. The number of furan rings is 1. The Morgan fingerprint density at radius 3 is 2.86 bits per heavy atom. The number of aromatic nitrogens is 1. The summed E-state index contributed by atoms with van der Waals surface area (Å²) in [6, 6.07) is 7.35. The quantitative estimate of drug-likeness (QED) is 0.588. The molecule has 0 bridgehead atoms. The number of hydrogen-bond donors (Lipinski definition) is 0. The summed E-state index contributed by atoms with van der Waals surface area (Å²) in [5.74, 6) is 0.860. The molecule has 0 aliphatic carbocycles. The molecule has 8 heteroatoms. The minimum absolute atomic E-state index is 0.173. The fourth-order valence-corrected chi connectivity index (χ4v) is 4.55. The summed E-state index contributed by atoms with van der Waals surface area (Å²) in [4.78, 5) is 22.0. The van der Waals surface area contributed by atoms with Crippen LogP contribution >= 0.6 is 11.3 Å². The van der Waals surface area contributed by atoms with Crippen LogP contribution in [0.3, 0.4) is 0 Å². The van der Waals surface area contributed by atoms with E-state index in [4.69, 9.17) is 18.9 Å². The van der Waals surface area contributed by atoms with Crippen molar-refractivity contribution in [2.75, 3.05) is 51.4 Å². The van der Waals surface area contributed by atoms with Gasteiger partial charge in [-0.25, -0.2) is 4.98 Å². The highest BCUT2D eigenvalue weighted by molar-refractivity contribution is 7.22. The van der Waals surface area contributed by atoms with Gasteiger partial charge < -0.3 is 13.9 Å². The number of methoxy groups -OCH3 is 1. The number of ether oxygens (including phenoxy) is 2. The van der Waals surface area contributed by atoms with Gasteiger partial charge in [0.25, 0.3) is 5.91 Å². The summed E-state index contributed by atoms with van der Waals surface area (Å²) < 4.78 is 17.3. The smallest absolute Gasteiger partial charge is 0.295 e. The molecule has 7 nitrogen and oxygen atoms in total. The number of benzene rings is 1. The topological polar surface area (TPSA) is 68.0 Å². The van der Waals surface area contributed by atoms with Crippen LogP contribution in [-0.2, 0) is 4.74 Å². The van der Waals surface area contributed by atoms with Crippen molar-refractivity contribution in [1.29, 1.82) is 0 Å². The highest BCUT2D eigenvalue weighted by Crippen LogP contribution is 2.36. The predicted molar refractivity (Wildman–Crippen MR) is 113 cm³/mol. The molecular formula is C21H25N3O4S. The van der Waals surface area contributed by atoms with Crippen LogP contribution in [0.4, 0.5) is 5.13 Å². The monoisotopic (exact) mass is 415 g/mol. The minimum Gasteiger partial charge on any atom is -0.494 e. The molecule has 1 fully saturated rings. The largest absolute Gasteiger partial charge is 0.494 e. The molecule has 1 aromatic carbocycles. The van der Waals surface area contributed by atoms with Gasteiger partial charge in [0, 0.05) is 26.2 Å². The van der Waals surface area contributed by atoms with Gasteiger partial charge in [0.05, 0.1) is 31.3 Å². The molecule has 2 aromatic heterocycles. The van der Waals surface area contributed by atoms with Gasteiger partial charge in [-0.3, -0.25) is 14.6 Å². The number of carbonyl (C=O) groups is 1. The second-order valence-corrected chi connectivity index (χ2v) is 7.98. The normalized spacial score (nSPS) is 15.0. The minimum atomic E-state index is -0.173. The van der Waals surface area contributed by atoms with Crippen molar-refractivity contribution in [1.82, 2.24) is 9.88 Å². The van der Waals surface area contributed by atoms with Crippen molar-refractivity contribution in [2.24, 2.45) is 0 Å². The molecule has 154 valence electrons. The third-order valence-electron chi connectivity index (χ3n) is 5.08. The Balaban J connectivity index is 1.60. The molecule has 1 amide bonds.